The van der Waals surface area contributed by atoms with Crippen molar-refractivity contribution in [2.75, 3.05) is 20.3 Å². The lowest BCUT2D eigenvalue weighted by Crippen LogP contribution is -2.02. The average molecular weight is 223 g/mol. The predicted molar refractivity (Wildman–Crippen MR) is 66.1 cm³/mol. The molecule has 0 unspecified atom stereocenters. The number of methoxy groups -OCH3 is 1. The topological polar surface area (TPSA) is 44.5 Å². The molecule has 0 saturated heterocycles. The molecule has 0 amide bonds. The van der Waals surface area contributed by atoms with E-state index in [0.29, 0.717) is 0 Å². The smallest absolute Gasteiger partial charge is 0.161 e. The minimum absolute atomic E-state index is 0.722. The summed E-state index contributed by atoms with van der Waals surface area (Å²) in [7, 11) is 1.66. The number of unbranched alkanes of at least 4 members (excludes halogenated alkanes) is 2. The van der Waals surface area contributed by atoms with Crippen molar-refractivity contribution in [3.05, 3.63) is 23.8 Å². The van der Waals surface area contributed by atoms with Gasteiger partial charge in [-0.05, 0) is 50.4 Å². The molecule has 3 heteroatoms. The Morgan fingerprint density at radius 1 is 1.12 bits per heavy atom. The zero-order valence-corrected chi connectivity index (χ0v) is 10.2. The van der Waals surface area contributed by atoms with E-state index >= 15 is 0 Å². The molecule has 0 aliphatic carbocycles. The first kappa shape index (κ1) is 12.8. The summed E-state index contributed by atoms with van der Waals surface area (Å²) < 4.78 is 10.9. The highest BCUT2D eigenvalue weighted by atomic mass is 16.5. The fourth-order valence-electron chi connectivity index (χ4n) is 1.50. The summed E-state index contributed by atoms with van der Waals surface area (Å²) in [6.45, 7) is 3.51. The third kappa shape index (κ3) is 4.11. The minimum Gasteiger partial charge on any atom is -0.493 e. The minimum atomic E-state index is 0.722. The van der Waals surface area contributed by atoms with Gasteiger partial charge < -0.3 is 15.2 Å². The van der Waals surface area contributed by atoms with Gasteiger partial charge in [0, 0.05) is 0 Å². The zero-order chi connectivity index (χ0) is 11.8. The normalized spacial score (nSPS) is 10.2. The molecule has 0 aliphatic rings. The first-order chi connectivity index (χ1) is 7.77. The lowest BCUT2D eigenvalue weighted by molar-refractivity contribution is 0.285. The van der Waals surface area contributed by atoms with Gasteiger partial charge in [-0.1, -0.05) is 6.07 Å². The third-order valence-electron chi connectivity index (χ3n) is 2.43. The van der Waals surface area contributed by atoms with Crippen LogP contribution in [0.1, 0.15) is 24.8 Å². The number of nitrogens with two attached hydrogens (primary N) is 1. The van der Waals surface area contributed by atoms with Crippen molar-refractivity contribution in [3.8, 4) is 11.5 Å². The number of benzene rings is 1. The van der Waals surface area contributed by atoms with Crippen molar-refractivity contribution in [1.82, 2.24) is 0 Å². The van der Waals surface area contributed by atoms with E-state index in [-0.39, 0.29) is 0 Å². The van der Waals surface area contributed by atoms with Crippen molar-refractivity contribution in [2.45, 2.75) is 26.2 Å². The quantitative estimate of drug-likeness (QED) is 0.722. The summed E-state index contributed by atoms with van der Waals surface area (Å²) in [4.78, 5) is 0. The SMILES string of the molecule is COc1cc(C)ccc1OCCCCCN. The van der Waals surface area contributed by atoms with Gasteiger partial charge in [0.05, 0.1) is 13.7 Å². The summed E-state index contributed by atoms with van der Waals surface area (Å²) in [6.07, 6.45) is 3.22. The van der Waals surface area contributed by atoms with E-state index in [4.69, 9.17) is 15.2 Å². The Kier molecular flexibility index (Phi) is 5.72. The zero-order valence-electron chi connectivity index (χ0n) is 10.2. The Morgan fingerprint density at radius 2 is 1.94 bits per heavy atom. The summed E-state index contributed by atoms with van der Waals surface area (Å²) in [5.41, 5.74) is 6.60. The second-order valence-electron chi connectivity index (χ2n) is 3.85. The Hall–Kier alpha value is -1.22. The molecule has 90 valence electrons. The molecule has 1 rings (SSSR count). The van der Waals surface area contributed by atoms with Crippen LogP contribution in [0.4, 0.5) is 0 Å². The van der Waals surface area contributed by atoms with Crippen LogP contribution in [-0.2, 0) is 0 Å². The fraction of sp³-hybridized carbons (Fsp3) is 0.538. The van der Waals surface area contributed by atoms with Crippen LogP contribution in [0.15, 0.2) is 18.2 Å². The number of hydrogen-bond acceptors (Lipinski definition) is 3. The molecule has 1 aromatic rings. The molecule has 16 heavy (non-hydrogen) atoms. The Balaban J connectivity index is 2.41. The van der Waals surface area contributed by atoms with Gasteiger partial charge in [0.1, 0.15) is 0 Å². The van der Waals surface area contributed by atoms with Crippen molar-refractivity contribution in [1.29, 1.82) is 0 Å². The number of rotatable bonds is 7. The lowest BCUT2D eigenvalue weighted by atomic mass is 10.2. The first-order valence-corrected chi connectivity index (χ1v) is 5.75. The van der Waals surface area contributed by atoms with Crippen LogP contribution in [0.2, 0.25) is 0 Å². The van der Waals surface area contributed by atoms with Crippen molar-refractivity contribution in [3.63, 3.8) is 0 Å². The second kappa shape index (κ2) is 7.12. The van der Waals surface area contributed by atoms with E-state index in [9.17, 15) is 0 Å². The highest BCUT2D eigenvalue weighted by Gasteiger charge is 2.03. The van der Waals surface area contributed by atoms with Gasteiger partial charge in [0.2, 0.25) is 0 Å². The summed E-state index contributed by atoms with van der Waals surface area (Å²) in [5.74, 6) is 1.62. The van der Waals surface area contributed by atoms with E-state index in [1.807, 2.05) is 25.1 Å². The Morgan fingerprint density at radius 3 is 2.62 bits per heavy atom. The first-order valence-electron chi connectivity index (χ1n) is 5.75. The largest absolute Gasteiger partial charge is 0.493 e. The molecule has 0 heterocycles. The van der Waals surface area contributed by atoms with Crippen LogP contribution >= 0.6 is 0 Å². The highest BCUT2D eigenvalue weighted by molar-refractivity contribution is 5.42. The molecule has 0 atom stereocenters. The molecular formula is C13H21NO2. The van der Waals surface area contributed by atoms with E-state index in [0.717, 1.165) is 43.9 Å². The third-order valence-corrected chi connectivity index (χ3v) is 2.43. The van der Waals surface area contributed by atoms with Crippen molar-refractivity contribution in [2.24, 2.45) is 5.73 Å². The summed E-state index contributed by atoms with van der Waals surface area (Å²) in [6, 6.07) is 5.96. The van der Waals surface area contributed by atoms with E-state index in [2.05, 4.69) is 0 Å². The van der Waals surface area contributed by atoms with Gasteiger partial charge in [0.15, 0.2) is 11.5 Å². The average Bonchev–Trinajstić information content (AvgIpc) is 2.30. The fourth-order valence-corrected chi connectivity index (χ4v) is 1.50. The molecule has 1 aromatic carbocycles. The maximum atomic E-state index is 5.66. The monoisotopic (exact) mass is 223 g/mol. The molecule has 3 nitrogen and oxygen atoms in total. The molecule has 0 spiro atoms. The summed E-state index contributed by atoms with van der Waals surface area (Å²) >= 11 is 0. The second-order valence-corrected chi connectivity index (χ2v) is 3.85. The van der Waals surface area contributed by atoms with Gasteiger partial charge in [0.25, 0.3) is 0 Å². The van der Waals surface area contributed by atoms with Crippen LogP contribution in [-0.4, -0.2) is 20.3 Å². The van der Waals surface area contributed by atoms with Crippen LogP contribution in [0.3, 0.4) is 0 Å². The summed E-state index contributed by atoms with van der Waals surface area (Å²) in [5, 5.41) is 0. The van der Waals surface area contributed by atoms with Crippen LogP contribution < -0.4 is 15.2 Å². The van der Waals surface area contributed by atoms with Gasteiger partial charge >= 0.3 is 0 Å². The Bertz CT molecular complexity index is 313. The van der Waals surface area contributed by atoms with Gasteiger partial charge in [-0.3, -0.25) is 0 Å². The molecule has 0 radical (unpaired) electrons. The predicted octanol–water partition coefficient (Wildman–Crippen LogP) is 2.51. The van der Waals surface area contributed by atoms with Crippen LogP contribution in [0.25, 0.3) is 0 Å². The molecule has 0 aliphatic heterocycles. The number of hydrogen-bond donors (Lipinski definition) is 1. The van der Waals surface area contributed by atoms with Crippen LogP contribution in [0, 0.1) is 6.92 Å². The Labute approximate surface area is 97.6 Å². The molecule has 0 saturated carbocycles. The van der Waals surface area contributed by atoms with Crippen LogP contribution in [0.5, 0.6) is 11.5 Å². The van der Waals surface area contributed by atoms with E-state index in [1.165, 1.54) is 5.56 Å². The van der Waals surface area contributed by atoms with E-state index in [1.54, 1.807) is 7.11 Å². The standard InChI is InChI=1S/C13H21NO2/c1-11-6-7-12(13(10-11)15-2)16-9-5-3-4-8-14/h6-7,10H,3-5,8-9,14H2,1-2H3. The number of ether oxygens (including phenoxy) is 2. The molecular weight excluding hydrogens is 202 g/mol. The molecule has 0 aromatic heterocycles. The maximum absolute atomic E-state index is 5.66. The molecule has 0 bridgehead atoms. The van der Waals surface area contributed by atoms with Crippen molar-refractivity contribution >= 4 is 0 Å². The molecule has 2 N–H and O–H groups in total. The van der Waals surface area contributed by atoms with Gasteiger partial charge in [-0.15, -0.1) is 0 Å². The number of aryl methyl sites for hydroxylation is 1. The van der Waals surface area contributed by atoms with Gasteiger partial charge in [-0.25, -0.2) is 0 Å². The van der Waals surface area contributed by atoms with Crippen molar-refractivity contribution < 1.29 is 9.47 Å². The van der Waals surface area contributed by atoms with Gasteiger partial charge in [-0.2, -0.15) is 0 Å². The molecule has 0 fully saturated rings. The van der Waals surface area contributed by atoms with E-state index < -0.39 is 0 Å². The lowest BCUT2D eigenvalue weighted by Gasteiger charge is -2.11. The highest BCUT2D eigenvalue weighted by Crippen LogP contribution is 2.27. The maximum Gasteiger partial charge on any atom is 0.161 e.